The molecule has 1 unspecified atom stereocenters. The van der Waals surface area contributed by atoms with Gasteiger partial charge in [0.2, 0.25) is 0 Å². The third-order valence-corrected chi connectivity index (χ3v) is 1.92. The van der Waals surface area contributed by atoms with Gasteiger partial charge in [-0.2, -0.15) is 0 Å². The van der Waals surface area contributed by atoms with E-state index >= 15 is 0 Å². The Kier molecular flexibility index (Phi) is 3.62. The van der Waals surface area contributed by atoms with Gasteiger partial charge in [-0.1, -0.05) is 0 Å². The van der Waals surface area contributed by atoms with E-state index in [0.717, 1.165) is 0 Å². The summed E-state index contributed by atoms with van der Waals surface area (Å²) in [5.41, 5.74) is 0.188. The summed E-state index contributed by atoms with van der Waals surface area (Å²) < 4.78 is 0. The second kappa shape index (κ2) is 4.75. The number of aromatic nitrogens is 1. The van der Waals surface area contributed by atoms with E-state index in [9.17, 15) is 9.90 Å². The SMILES string of the molecule is CC(O)CN(C)C(=O)c1ccncc1O. The van der Waals surface area contributed by atoms with Gasteiger partial charge in [0.15, 0.2) is 0 Å². The van der Waals surface area contributed by atoms with Crippen molar-refractivity contribution in [3.05, 3.63) is 24.0 Å². The maximum absolute atomic E-state index is 11.7. The van der Waals surface area contributed by atoms with Crippen molar-refractivity contribution in [3.63, 3.8) is 0 Å². The highest BCUT2D eigenvalue weighted by Gasteiger charge is 2.16. The van der Waals surface area contributed by atoms with Gasteiger partial charge >= 0.3 is 0 Å². The number of likely N-dealkylation sites (N-methyl/N-ethyl adjacent to an activating group) is 1. The molecule has 0 aromatic carbocycles. The Balaban J connectivity index is 2.81. The molecule has 1 atom stereocenters. The molecule has 82 valence electrons. The lowest BCUT2D eigenvalue weighted by molar-refractivity contribution is 0.0700. The molecule has 0 radical (unpaired) electrons. The Hall–Kier alpha value is -1.62. The van der Waals surface area contributed by atoms with E-state index in [2.05, 4.69) is 4.98 Å². The first kappa shape index (κ1) is 11.5. The van der Waals surface area contributed by atoms with Crippen LogP contribution in [0, 0.1) is 0 Å². The summed E-state index contributed by atoms with van der Waals surface area (Å²) in [6, 6.07) is 1.44. The van der Waals surface area contributed by atoms with E-state index in [4.69, 9.17) is 5.11 Å². The van der Waals surface area contributed by atoms with Gasteiger partial charge in [0.25, 0.3) is 5.91 Å². The van der Waals surface area contributed by atoms with Crippen molar-refractivity contribution in [2.24, 2.45) is 0 Å². The molecular weight excluding hydrogens is 196 g/mol. The molecule has 1 heterocycles. The molecule has 0 spiro atoms. The molecule has 1 rings (SSSR count). The lowest BCUT2D eigenvalue weighted by atomic mass is 10.2. The predicted octanol–water partition coefficient (Wildman–Crippen LogP) is 0.240. The first-order valence-corrected chi connectivity index (χ1v) is 4.59. The number of amides is 1. The quantitative estimate of drug-likeness (QED) is 0.749. The summed E-state index contributed by atoms with van der Waals surface area (Å²) in [4.78, 5) is 16.8. The van der Waals surface area contributed by atoms with Crippen molar-refractivity contribution in [2.45, 2.75) is 13.0 Å². The van der Waals surface area contributed by atoms with Crippen LogP contribution in [0.15, 0.2) is 18.5 Å². The number of hydrogen-bond acceptors (Lipinski definition) is 4. The molecule has 0 bridgehead atoms. The molecule has 2 N–H and O–H groups in total. The van der Waals surface area contributed by atoms with Crippen molar-refractivity contribution in [1.29, 1.82) is 0 Å². The van der Waals surface area contributed by atoms with Crippen LogP contribution < -0.4 is 0 Å². The first-order chi connectivity index (χ1) is 7.02. The summed E-state index contributed by atoms with van der Waals surface area (Å²) in [5.74, 6) is -0.490. The summed E-state index contributed by atoms with van der Waals surface area (Å²) in [5, 5.41) is 18.5. The molecule has 0 aliphatic rings. The van der Waals surface area contributed by atoms with E-state index in [1.165, 1.54) is 23.4 Å². The second-order valence-corrected chi connectivity index (χ2v) is 3.43. The van der Waals surface area contributed by atoms with Gasteiger partial charge < -0.3 is 15.1 Å². The molecule has 5 nitrogen and oxygen atoms in total. The highest BCUT2D eigenvalue weighted by Crippen LogP contribution is 2.15. The summed E-state index contributed by atoms with van der Waals surface area (Å²) in [7, 11) is 1.56. The van der Waals surface area contributed by atoms with E-state index in [0.29, 0.717) is 0 Å². The molecule has 15 heavy (non-hydrogen) atoms. The number of nitrogens with zero attached hydrogens (tertiary/aromatic N) is 2. The van der Waals surface area contributed by atoms with Crippen LogP contribution in [0.3, 0.4) is 0 Å². The van der Waals surface area contributed by atoms with Crippen LogP contribution in [0.2, 0.25) is 0 Å². The van der Waals surface area contributed by atoms with Gasteiger partial charge in [-0.05, 0) is 13.0 Å². The fraction of sp³-hybridized carbons (Fsp3) is 0.400. The Morgan fingerprint density at radius 3 is 2.87 bits per heavy atom. The normalized spacial score (nSPS) is 12.2. The fourth-order valence-electron chi connectivity index (χ4n) is 1.25. The molecule has 1 aromatic heterocycles. The lowest BCUT2D eigenvalue weighted by Gasteiger charge is -2.18. The number of carbonyl (C=O) groups is 1. The molecule has 0 saturated heterocycles. The zero-order chi connectivity index (χ0) is 11.4. The lowest BCUT2D eigenvalue weighted by Crippen LogP contribution is -2.33. The van der Waals surface area contributed by atoms with E-state index < -0.39 is 6.10 Å². The zero-order valence-corrected chi connectivity index (χ0v) is 8.71. The monoisotopic (exact) mass is 210 g/mol. The van der Waals surface area contributed by atoms with Crippen LogP contribution in [0.4, 0.5) is 0 Å². The number of aliphatic hydroxyl groups excluding tert-OH is 1. The minimum atomic E-state index is -0.595. The average Bonchev–Trinajstić information content (AvgIpc) is 2.16. The molecule has 0 fully saturated rings. The van der Waals surface area contributed by atoms with Crippen LogP contribution in [-0.4, -0.2) is 45.7 Å². The van der Waals surface area contributed by atoms with Crippen molar-refractivity contribution in [3.8, 4) is 5.75 Å². The highest BCUT2D eigenvalue weighted by atomic mass is 16.3. The van der Waals surface area contributed by atoms with Crippen LogP contribution in [0.5, 0.6) is 5.75 Å². The Morgan fingerprint density at radius 2 is 2.33 bits per heavy atom. The molecule has 0 aliphatic carbocycles. The maximum Gasteiger partial charge on any atom is 0.257 e. The van der Waals surface area contributed by atoms with Gasteiger partial charge in [0, 0.05) is 19.8 Å². The van der Waals surface area contributed by atoms with E-state index in [-0.39, 0.29) is 23.8 Å². The van der Waals surface area contributed by atoms with Crippen molar-refractivity contribution < 1.29 is 15.0 Å². The minimum Gasteiger partial charge on any atom is -0.505 e. The van der Waals surface area contributed by atoms with Crippen molar-refractivity contribution in [1.82, 2.24) is 9.88 Å². The summed E-state index contributed by atoms with van der Waals surface area (Å²) in [6.45, 7) is 1.82. The molecule has 0 aliphatic heterocycles. The average molecular weight is 210 g/mol. The van der Waals surface area contributed by atoms with Crippen LogP contribution in [0.25, 0.3) is 0 Å². The fourth-order valence-corrected chi connectivity index (χ4v) is 1.25. The number of aromatic hydroxyl groups is 1. The number of hydrogen-bond donors (Lipinski definition) is 2. The molecule has 5 heteroatoms. The Labute approximate surface area is 88.0 Å². The number of aliphatic hydroxyl groups is 1. The van der Waals surface area contributed by atoms with Crippen LogP contribution in [-0.2, 0) is 0 Å². The Bertz CT molecular complexity index is 352. The smallest absolute Gasteiger partial charge is 0.257 e. The largest absolute Gasteiger partial charge is 0.505 e. The van der Waals surface area contributed by atoms with Gasteiger partial charge in [-0.25, -0.2) is 0 Å². The molecule has 0 saturated carbocycles. The van der Waals surface area contributed by atoms with Crippen molar-refractivity contribution >= 4 is 5.91 Å². The summed E-state index contributed by atoms with van der Waals surface area (Å²) in [6.07, 6.45) is 2.05. The molecule has 1 aromatic rings. The van der Waals surface area contributed by atoms with Crippen LogP contribution in [0.1, 0.15) is 17.3 Å². The molecular formula is C10H14N2O3. The zero-order valence-electron chi connectivity index (χ0n) is 8.71. The van der Waals surface area contributed by atoms with Crippen LogP contribution >= 0.6 is 0 Å². The minimum absolute atomic E-state index is 0.153. The predicted molar refractivity (Wildman–Crippen MR) is 54.5 cm³/mol. The Morgan fingerprint density at radius 1 is 1.67 bits per heavy atom. The number of carbonyl (C=O) groups excluding carboxylic acids is 1. The number of rotatable bonds is 3. The topological polar surface area (TPSA) is 73.7 Å². The first-order valence-electron chi connectivity index (χ1n) is 4.59. The number of pyridine rings is 1. The van der Waals surface area contributed by atoms with Gasteiger partial charge in [0.1, 0.15) is 5.75 Å². The van der Waals surface area contributed by atoms with Crippen molar-refractivity contribution in [2.75, 3.05) is 13.6 Å². The maximum atomic E-state index is 11.7. The third kappa shape index (κ3) is 2.92. The highest BCUT2D eigenvalue weighted by molar-refractivity contribution is 5.96. The van der Waals surface area contributed by atoms with Gasteiger partial charge in [-0.3, -0.25) is 9.78 Å². The van der Waals surface area contributed by atoms with E-state index in [1.54, 1.807) is 14.0 Å². The van der Waals surface area contributed by atoms with Gasteiger partial charge in [0.05, 0.1) is 17.9 Å². The summed E-state index contributed by atoms with van der Waals surface area (Å²) >= 11 is 0. The second-order valence-electron chi connectivity index (χ2n) is 3.43. The van der Waals surface area contributed by atoms with Gasteiger partial charge in [-0.15, -0.1) is 0 Å². The third-order valence-electron chi connectivity index (χ3n) is 1.92. The molecule has 1 amide bonds. The standard InChI is InChI=1S/C10H14N2O3/c1-7(13)6-12(2)10(15)8-3-4-11-5-9(8)14/h3-5,7,13-14H,6H2,1-2H3. The van der Waals surface area contributed by atoms with E-state index in [1.807, 2.05) is 0 Å².